The number of carbonyl (C=O) groups is 1. The number of aliphatic hydroxyl groups excluding tert-OH is 1. The van der Waals surface area contributed by atoms with Gasteiger partial charge in [0.25, 0.3) is 0 Å². The monoisotopic (exact) mass is 600 g/mol. The zero-order chi connectivity index (χ0) is 31.1. The van der Waals surface area contributed by atoms with Crippen molar-refractivity contribution in [1.29, 1.82) is 0 Å². The quantitative estimate of drug-likeness (QED) is 0.171. The number of unbranched alkanes of at least 4 members (excludes halogenated alkanes) is 1. The summed E-state index contributed by atoms with van der Waals surface area (Å²) in [6.07, 6.45) is 5.25. The number of aromatic nitrogens is 2. The van der Waals surface area contributed by atoms with Crippen molar-refractivity contribution in [3.8, 4) is 40.0 Å². The SMILES string of the molecule is CCCCn1ncc(C=C(Cc2cc3c(cc2OC)OCO3)C(=O)O)c1-c1ccc(OC)cc1OCc1ccccc1CO. The number of benzene rings is 3. The summed E-state index contributed by atoms with van der Waals surface area (Å²) in [5.74, 6) is 1.69. The van der Waals surface area contributed by atoms with Gasteiger partial charge >= 0.3 is 5.97 Å². The molecule has 2 heterocycles. The number of ether oxygens (including phenoxy) is 5. The summed E-state index contributed by atoms with van der Waals surface area (Å²) in [7, 11) is 3.12. The van der Waals surface area contributed by atoms with Gasteiger partial charge in [-0.05, 0) is 41.8 Å². The summed E-state index contributed by atoms with van der Waals surface area (Å²) < 4.78 is 30.3. The first-order valence-electron chi connectivity index (χ1n) is 14.4. The van der Waals surface area contributed by atoms with Crippen LogP contribution in [0.3, 0.4) is 0 Å². The van der Waals surface area contributed by atoms with Crippen LogP contribution in [0.15, 0.2) is 66.4 Å². The number of carboxylic acid groups (broad SMARTS) is 1. The Morgan fingerprint density at radius 3 is 2.48 bits per heavy atom. The summed E-state index contributed by atoms with van der Waals surface area (Å²) in [5.41, 5.74) is 4.52. The van der Waals surface area contributed by atoms with Crippen molar-refractivity contribution in [2.45, 2.75) is 45.9 Å². The van der Waals surface area contributed by atoms with Crippen LogP contribution in [-0.2, 0) is 31.0 Å². The molecule has 2 N–H and O–H groups in total. The van der Waals surface area contributed by atoms with Crippen molar-refractivity contribution >= 4 is 12.0 Å². The molecule has 10 nitrogen and oxygen atoms in total. The number of hydrogen-bond donors (Lipinski definition) is 2. The minimum Gasteiger partial charge on any atom is -0.497 e. The smallest absolute Gasteiger partial charge is 0.331 e. The average Bonchev–Trinajstić information content (AvgIpc) is 3.68. The van der Waals surface area contributed by atoms with Crippen LogP contribution in [0.5, 0.6) is 28.7 Å². The van der Waals surface area contributed by atoms with Crippen LogP contribution in [0, 0.1) is 0 Å². The molecule has 0 bridgehead atoms. The van der Waals surface area contributed by atoms with E-state index in [1.54, 1.807) is 37.6 Å². The Labute approximate surface area is 256 Å². The first-order valence-corrected chi connectivity index (χ1v) is 14.4. The third-order valence-corrected chi connectivity index (χ3v) is 7.47. The van der Waals surface area contributed by atoms with Crippen LogP contribution < -0.4 is 23.7 Å². The second-order valence-corrected chi connectivity index (χ2v) is 10.3. The van der Waals surface area contributed by atoms with Crippen molar-refractivity contribution in [2.75, 3.05) is 21.0 Å². The first-order chi connectivity index (χ1) is 21.4. The molecule has 0 saturated heterocycles. The van der Waals surface area contributed by atoms with E-state index >= 15 is 0 Å². The Kier molecular flexibility index (Phi) is 9.71. The second kappa shape index (κ2) is 14.0. The molecule has 0 saturated carbocycles. The van der Waals surface area contributed by atoms with Gasteiger partial charge in [0.15, 0.2) is 11.5 Å². The molecule has 0 aliphatic carbocycles. The van der Waals surface area contributed by atoms with Gasteiger partial charge in [0.2, 0.25) is 6.79 Å². The number of carboxylic acids is 1. The number of aliphatic hydroxyl groups is 1. The van der Waals surface area contributed by atoms with Gasteiger partial charge in [-0.25, -0.2) is 4.79 Å². The Morgan fingerprint density at radius 1 is 1.00 bits per heavy atom. The number of aryl methyl sites for hydroxylation is 1. The van der Waals surface area contributed by atoms with Gasteiger partial charge in [0, 0.05) is 47.4 Å². The lowest BCUT2D eigenvalue weighted by molar-refractivity contribution is -0.132. The fourth-order valence-corrected chi connectivity index (χ4v) is 5.10. The van der Waals surface area contributed by atoms with Gasteiger partial charge in [-0.1, -0.05) is 37.6 Å². The summed E-state index contributed by atoms with van der Waals surface area (Å²) >= 11 is 0. The molecule has 0 radical (unpaired) electrons. The van der Waals surface area contributed by atoms with Gasteiger partial charge in [-0.3, -0.25) is 4.68 Å². The Bertz CT molecular complexity index is 1660. The van der Waals surface area contributed by atoms with Gasteiger partial charge in [0.1, 0.15) is 23.9 Å². The number of nitrogens with zero attached hydrogens (tertiary/aromatic N) is 2. The van der Waals surface area contributed by atoms with Crippen LogP contribution in [-0.4, -0.2) is 47.0 Å². The highest BCUT2D eigenvalue weighted by atomic mass is 16.7. The highest BCUT2D eigenvalue weighted by Crippen LogP contribution is 2.40. The molecule has 0 unspecified atom stereocenters. The summed E-state index contributed by atoms with van der Waals surface area (Å²) in [6, 6.07) is 16.5. The van der Waals surface area contributed by atoms with Gasteiger partial charge in [-0.2, -0.15) is 5.10 Å². The molecule has 0 fully saturated rings. The Balaban J connectivity index is 1.57. The van der Waals surface area contributed by atoms with Crippen LogP contribution in [0.25, 0.3) is 17.3 Å². The lowest BCUT2D eigenvalue weighted by atomic mass is 9.99. The van der Waals surface area contributed by atoms with Gasteiger partial charge < -0.3 is 33.9 Å². The molecule has 1 aliphatic rings. The largest absolute Gasteiger partial charge is 0.497 e. The van der Waals surface area contributed by atoms with Crippen molar-refractivity contribution in [3.05, 3.63) is 88.6 Å². The fraction of sp³-hybridized carbons (Fsp3) is 0.294. The van der Waals surface area contributed by atoms with E-state index in [1.165, 1.54) is 7.11 Å². The maximum Gasteiger partial charge on any atom is 0.331 e. The van der Waals surface area contributed by atoms with Gasteiger partial charge in [-0.15, -0.1) is 0 Å². The van der Waals surface area contributed by atoms with E-state index in [1.807, 2.05) is 41.1 Å². The fourth-order valence-electron chi connectivity index (χ4n) is 5.10. The first kappa shape index (κ1) is 30.5. The predicted molar refractivity (Wildman–Crippen MR) is 164 cm³/mol. The summed E-state index contributed by atoms with van der Waals surface area (Å²) in [6.45, 7) is 2.95. The van der Waals surface area contributed by atoms with Crippen LogP contribution in [0.1, 0.15) is 42.0 Å². The van der Waals surface area contributed by atoms with Crippen molar-refractivity contribution in [1.82, 2.24) is 9.78 Å². The lowest BCUT2D eigenvalue weighted by Gasteiger charge is -2.17. The summed E-state index contributed by atoms with van der Waals surface area (Å²) in [4.78, 5) is 12.6. The molecule has 3 aromatic carbocycles. The minimum atomic E-state index is -1.07. The predicted octanol–water partition coefficient (Wildman–Crippen LogP) is 5.88. The van der Waals surface area contributed by atoms with Crippen LogP contribution in [0.4, 0.5) is 0 Å². The maximum absolute atomic E-state index is 12.6. The average molecular weight is 601 g/mol. The summed E-state index contributed by atoms with van der Waals surface area (Å²) in [5, 5.41) is 24.8. The van der Waals surface area contributed by atoms with E-state index in [2.05, 4.69) is 12.0 Å². The zero-order valence-electron chi connectivity index (χ0n) is 25.0. The van der Waals surface area contributed by atoms with Crippen molar-refractivity contribution in [2.24, 2.45) is 0 Å². The lowest BCUT2D eigenvalue weighted by Crippen LogP contribution is -2.07. The molecule has 230 valence electrons. The number of methoxy groups -OCH3 is 2. The second-order valence-electron chi connectivity index (χ2n) is 10.3. The third-order valence-electron chi connectivity index (χ3n) is 7.47. The highest BCUT2D eigenvalue weighted by molar-refractivity contribution is 5.94. The van der Waals surface area contributed by atoms with E-state index in [0.717, 1.165) is 35.2 Å². The molecular formula is C34H36N2O8. The molecule has 1 aromatic heterocycles. The third kappa shape index (κ3) is 6.65. The number of rotatable bonds is 14. The molecule has 0 amide bonds. The number of hydrogen-bond acceptors (Lipinski definition) is 8. The van der Waals surface area contributed by atoms with E-state index in [0.29, 0.717) is 46.4 Å². The maximum atomic E-state index is 12.6. The van der Waals surface area contributed by atoms with E-state index in [-0.39, 0.29) is 32.0 Å². The normalized spacial score (nSPS) is 12.3. The molecule has 1 aliphatic heterocycles. The Hall–Kier alpha value is -4.96. The highest BCUT2D eigenvalue weighted by Gasteiger charge is 2.22. The molecule has 4 aromatic rings. The molecule has 0 spiro atoms. The molecule has 0 atom stereocenters. The number of fused-ring (bicyclic) bond motifs is 1. The standard InChI is InChI=1S/C34H36N2O8/c1-4-5-12-36-33(28-11-10-27(40-2)16-30(28)42-20-23-9-7-6-8-22(23)19-37)26(18-35-36)14-25(34(38)39)13-24-15-31-32(44-21-43-31)17-29(24)41-3/h6-11,14-18,37H,4-5,12-13,19-21H2,1-3H3,(H,38,39). The Morgan fingerprint density at radius 2 is 1.77 bits per heavy atom. The van der Waals surface area contributed by atoms with Crippen molar-refractivity contribution in [3.63, 3.8) is 0 Å². The van der Waals surface area contributed by atoms with Crippen LogP contribution in [0.2, 0.25) is 0 Å². The number of aliphatic carboxylic acids is 1. The zero-order valence-corrected chi connectivity index (χ0v) is 25.0. The molecule has 44 heavy (non-hydrogen) atoms. The van der Waals surface area contributed by atoms with Crippen molar-refractivity contribution < 1.29 is 38.7 Å². The topological polar surface area (TPSA) is 122 Å². The van der Waals surface area contributed by atoms with Crippen LogP contribution >= 0.6 is 0 Å². The minimum absolute atomic E-state index is 0.0820. The van der Waals surface area contributed by atoms with E-state index < -0.39 is 5.97 Å². The molecule has 10 heteroatoms. The molecule has 5 rings (SSSR count). The van der Waals surface area contributed by atoms with Gasteiger partial charge in [0.05, 0.1) is 32.7 Å². The van der Waals surface area contributed by atoms with E-state index in [4.69, 9.17) is 23.7 Å². The molecular weight excluding hydrogens is 564 g/mol. The van der Waals surface area contributed by atoms with E-state index in [9.17, 15) is 15.0 Å².